The van der Waals surface area contributed by atoms with Crippen LogP contribution in [0.3, 0.4) is 0 Å². The van der Waals surface area contributed by atoms with Crippen molar-refractivity contribution in [2.75, 3.05) is 37.7 Å². The summed E-state index contributed by atoms with van der Waals surface area (Å²) in [5, 5.41) is 7.69. The third-order valence-electron chi connectivity index (χ3n) is 4.42. The van der Waals surface area contributed by atoms with E-state index in [-0.39, 0.29) is 50.3 Å². The summed E-state index contributed by atoms with van der Waals surface area (Å²) in [5.41, 5.74) is 5.33. The smallest absolute Gasteiger partial charge is 0.421 e. The minimum absolute atomic E-state index is 0.144. The van der Waals surface area contributed by atoms with E-state index in [2.05, 4.69) is 0 Å². The molecule has 0 aliphatic carbocycles. The van der Waals surface area contributed by atoms with Crippen LogP contribution in [-0.2, 0) is 19.1 Å². The standard InChI is InChI=1S/C21H29N5O6/c1-5-31-17(28)13-24-10-11-25(12-16(24)27)18(29)14-6-8-15(9-7-14)26(19(22)23)20(30)32-21(2,3)4/h6-9H,5,10-13H2,1-4H3,(H3,22,23). The molecule has 0 radical (unpaired) electrons. The second-order valence-electron chi connectivity index (χ2n) is 8.09. The van der Waals surface area contributed by atoms with Crippen molar-refractivity contribution in [3.8, 4) is 0 Å². The third kappa shape index (κ3) is 6.43. The highest BCUT2D eigenvalue weighted by molar-refractivity contribution is 6.12. The highest BCUT2D eigenvalue weighted by Gasteiger charge is 2.30. The van der Waals surface area contributed by atoms with Crippen molar-refractivity contribution in [3.05, 3.63) is 29.8 Å². The molecule has 0 aromatic heterocycles. The van der Waals surface area contributed by atoms with Crippen molar-refractivity contribution in [1.82, 2.24) is 9.80 Å². The largest absolute Gasteiger partial charge is 0.465 e. The van der Waals surface area contributed by atoms with E-state index in [0.29, 0.717) is 5.56 Å². The zero-order valence-corrected chi connectivity index (χ0v) is 18.7. The first kappa shape index (κ1) is 24.6. The van der Waals surface area contributed by atoms with Gasteiger partial charge in [0, 0.05) is 18.7 Å². The number of nitrogens with two attached hydrogens (primary N) is 1. The summed E-state index contributed by atoms with van der Waals surface area (Å²) in [5.74, 6) is -1.73. The first-order chi connectivity index (χ1) is 14.9. The number of benzene rings is 1. The number of nitrogens with one attached hydrogen (secondary N) is 1. The van der Waals surface area contributed by atoms with Gasteiger partial charge in [0.2, 0.25) is 11.9 Å². The van der Waals surface area contributed by atoms with Crippen LogP contribution in [0, 0.1) is 5.41 Å². The van der Waals surface area contributed by atoms with Gasteiger partial charge in [0.1, 0.15) is 18.7 Å². The second kappa shape index (κ2) is 10.1. The lowest BCUT2D eigenvalue weighted by Gasteiger charge is -2.33. The van der Waals surface area contributed by atoms with Crippen LogP contribution in [-0.4, -0.2) is 78.0 Å². The van der Waals surface area contributed by atoms with Crippen molar-refractivity contribution in [2.24, 2.45) is 5.73 Å². The number of piperazine rings is 1. The van der Waals surface area contributed by atoms with Crippen LogP contribution >= 0.6 is 0 Å². The molecule has 32 heavy (non-hydrogen) atoms. The van der Waals surface area contributed by atoms with Crippen molar-refractivity contribution in [2.45, 2.75) is 33.3 Å². The highest BCUT2D eigenvalue weighted by atomic mass is 16.6. The fourth-order valence-corrected chi connectivity index (χ4v) is 3.00. The summed E-state index contributed by atoms with van der Waals surface area (Å²) in [7, 11) is 0. The molecule has 1 heterocycles. The monoisotopic (exact) mass is 447 g/mol. The first-order valence-electron chi connectivity index (χ1n) is 10.1. The average Bonchev–Trinajstić information content (AvgIpc) is 2.68. The lowest BCUT2D eigenvalue weighted by atomic mass is 10.1. The lowest BCUT2D eigenvalue weighted by molar-refractivity contribution is -0.150. The molecule has 0 bridgehead atoms. The quantitative estimate of drug-likeness (QED) is 0.391. The number of anilines is 1. The number of amides is 3. The molecule has 1 aliphatic heterocycles. The van der Waals surface area contributed by atoms with Gasteiger partial charge in [-0.1, -0.05) is 0 Å². The zero-order valence-electron chi connectivity index (χ0n) is 18.7. The molecule has 0 atom stereocenters. The number of esters is 1. The summed E-state index contributed by atoms with van der Waals surface area (Å²) in [6, 6.07) is 5.90. The fourth-order valence-electron chi connectivity index (χ4n) is 3.00. The third-order valence-corrected chi connectivity index (χ3v) is 4.42. The Balaban J connectivity index is 2.07. The zero-order chi connectivity index (χ0) is 24.1. The SMILES string of the molecule is CCOC(=O)CN1CCN(C(=O)c2ccc(N(C(=N)N)C(=O)OC(C)(C)C)cc2)CC1=O. The summed E-state index contributed by atoms with van der Waals surface area (Å²) >= 11 is 0. The Kier molecular flexibility index (Phi) is 7.79. The summed E-state index contributed by atoms with van der Waals surface area (Å²) in [6.07, 6.45) is -0.813. The first-order valence-corrected chi connectivity index (χ1v) is 10.1. The molecule has 0 spiro atoms. The average molecular weight is 447 g/mol. The Morgan fingerprint density at radius 3 is 2.28 bits per heavy atom. The molecule has 1 aromatic carbocycles. The van der Waals surface area contributed by atoms with Crippen molar-refractivity contribution in [3.63, 3.8) is 0 Å². The molecule has 1 aliphatic rings. The molecule has 3 amide bonds. The van der Waals surface area contributed by atoms with Gasteiger partial charge in [-0.25, -0.2) is 9.69 Å². The van der Waals surface area contributed by atoms with E-state index in [9.17, 15) is 19.2 Å². The number of ether oxygens (including phenoxy) is 2. The number of guanidine groups is 1. The Hall–Kier alpha value is -3.63. The van der Waals surface area contributed by atoms with E-state index in [1.54, 1.807) is 27.7 Å². The second-order valence-corrected chi connectivity index (χ2v) is 8.09. The van der Waals surface area contributed by atoms with Gasteiger partial charge in [0.05, 0.1) is 12.3 Å². The van der Waals surface area contributed by atoms with Crippen LogP contribution in [0.4, 0.5) is 10.5 Å². The predicted molar refractivity (Wildman–Crippen MR) is 116 cm³/mol. The maximum Gasteiger partial charge on any atom is 0.421 e. The van der Waals surface area contributed by atoms with Crippen LogP contribution in [0.25, 0.3) is 0 Å². The number of nitrogens with zero attached hydrogens (tertiary/aromatic N) is 3. The van der Waals surface area contributed by atoms with Crippen molar-refractivity contribution >= 4 is 35.5 Å². The van der Waals surface area contributed by atoms with E-state index < -0.39 is 23.6 Å². The van der Waals surface area contributed by atoms with Gasteiger partial charge >= 0.3 is 12.1 Å². The van der Waals surface area contributed by atoms with Crippen molar-refractivity contribution < 1.29 is 28.7 Å². The summed E-state index contributed by atoms with van der Waals surface area (Å²) in [6.45, 7) is 7.19. The molecule has 1 aromatic rings. The molecule has 11 heteroatoms. The molecule has 1 saturated heterocycles. The highest BCUT2D eigenvalue weighted by Crippen LogP contribution is 2.20. The van der Waals surface area contributed by atoms with Gasteiger partial charge < -0.3 is 25.0 Å². The fraction of sp³-hybridized carbons (Fsp3) is 0.476. The van der Waals surface area contributed by atoms with Crippen LogP contribution in [0.5, 0.6) is 0 Å². The van der Waals surface area contributed by atoms with E-state index in [1.807, 2.05) is 0 Å². The normalized spacial score (nSPS) is 14.1. The van der Waals surface area contributed by atoms with Gasteiger partial charge in [-0.15, -0.1) is 0 Å². The number of carbonyl (C=O) groups is 4. The lowest BCUT2D eigenvalue weighted by Crippen LogP contribution is -2.53. The summed E-state index contributed by atoms with van der Waals surface area (Å²) < 4.78 is 10.1. The Labute approximate surface area is 186 Å². The molecule has 3 N–H and O–H groups in total. The molecule has 2 rings (SSSR count). The van der Waals surface area contributed by atoms with Gasteiger partial charge in [-0.3, -0.25) is 19.8 Å². The van der Waals surface area contributed by atoms with Gasteiger partial charge in [0.15, 0.2) is 0 Å². The van der Waals surface area contributed by atoms with E-state index in [0.717, 1.165) is 4.90 Å². The Morgan fingerprint density at radius 1 is 1.16 bits per heavy atom. The van der Waals surface area contributed by atoms with Gasteiger partial charge in [-0.05, 0) is 52.0 Å². The molecule has 1 fully saturated rings. The number of carbonyl (C=O) groups excluding carboxylic acids is 4. The minimum atomic E-state index is -0.813. The number of hydrogen-bond acceptors (Lipinski definition) is 7. The topological polar surface area (TPSA) is 146 Å². The molecule has 0 unspecified atom stereocenters. The van der Waals surface area contributed by atoms with E-state index >= 15 is 0 Å². The van der Waals surface area contributed by atoms with Crippen molar-refractivity contribution in [1.29, 1.82) is 5.41 Å². The van der Waals surface area contributed by atoms with Crippen LogP contribution < -0.4 is 10.6 Å². The maximum atomic E-state index is 12.8. The van der Waals surface area contributed by atoms with Gasteiger partial charge in [0.25, 0.3) is 5.91 Å². The number of rotatable bonds is 5. The molecule has 0 saturated carbocycles. The van der Waals surface area contributed by atoms with E-state index in [4.69, 9.17) is 20.6 Å². The van der Waals surface area contributed by atoms with Crippen LogP contribution in [0.15, 0.2) is 24.3 Å². The molecule has 11 nitrogen and oxygen atoms in total. The van der Waals surface area contributed by atoms with Crippen LogP contribution in [0.2, 0.25) is 0 Å². The minimum Gasteiger partial charge on any atom is -0.465 e. The Morgan fingerprint density at radius 2 is 1.78 bits per heavy atom. The molecular formula is C21H29N5O6. The predicted octanol–water partition coefficient (Wildman–Crippen LogP) is 1.17. The van der Waals surface area contributed by atoms with Crippen LogP contribution in [0.1, 0.15) is 38.1 Å². The molecule has 174 valence electrons. The van der Waals surface area contributed by atoms with E-state index in [1.165, 1.54) is 34.1 Å². The summed E-state index contributed by atoms with van der Waals surface area (Å²) in [4.78, 5) is 52.7. The Bertz CT molecular complexity index is 893. The maximum absolute atomic E-state index is 12.8. The number of hydrogen-bond donors (Lipinski definition) is 2. The van der Waals surface area contributed by atoms with Gasteiger partial charge in [-0.2, -0.15) is 0 Å². The molecular weight excluding hydrogens is 418 g/mol.